The summed E-state index contributed by atoms with van der Waals surface area (Å²) in [6.07, 6.45) is 1.88. The molecule has 0 amide bonds. The molecular formula is C47H37N5. The summed E-state index contributed by atoms with van der Waals surface area (Å²) < 4.78 is 2.31. The van der Waals surface area contributed by atoms with E-state index in [1.807, 2.05) is 79.9 Å². The Balaban J connectivity index is 0.000000173. The molecule has 0 saturated heterocycles. The molecule has 9 rings (SSSR count). The first-order chi connectivity index (χ1) is 25.5. The Labute approximate surface area is 304 Å². The van der Waals surface area contributed by atoms with E-state index in [9.17, 15) is 0 Å². The largest absolute Gasteiger partial charge is 0.308 e. The normalized spacial score (nSPS) is 11.0. The third kappa shape index (κ3) is 6.36. The van der Waals surface area contributed by atoms with Crippen LogP contribution in [0, 0.1) is 20.8 Å². The molecule has 0 N–H and O–H groups in total. The SMILES string of the molecule is Cc1ccccc1-c1c(C)cccc1-c1ccc2c(c1)c1ncccc1n2-c1ccccc1.Cc1nc(-c2ccccc2)nc(-c2ccccc2)n1. The van der Waals surface area contributed by atoms with Gasteiger partial charge in [-0.25, -0.2) is 15.0 Å². The van der Waals surface area contributed by atoms with Crippen LogP contribution in [0.2, 0.25) is 0 Å². The lowest BCUT2D eigenvalue weighted by molar-refractivity contribution is 0.992. The first kappa shape index (κ1) is 32.5. The lowest BCUT2D eigenvalue weighted by atomic mass is 9.89. The van der Waals surface area contributed by atoms with Crippen LogP contribution >= 0.6 is 0 Å². The fraction of sp³-hybridized carbons (Fsp3) is 0.0638. The first-order valence-corrected chi connectivity index (χ1v) is 17.5. The van der Waals surface area contributed by atoms with Gasteiger partial charge in [0.15, 0.2) is 11.6 Å². The summed E-state index contributed by atoms with van der Waals surface area (Å²) in [7, 11) is 0. The molecule has 5 nitrogen and oxygen atoms in total. The number of para-hydroxylation sites is 1. The van der Waals surface area contributed by atoms with E-state index in [4.69, 9.17) is 4.98 Å². The number of rotatable bonds is 5. The van der Waals surface area contributed by atoms with E-state index in [-0.39, 0.29) is 0 Å². The molecule has 0 atom stereocenters. The minimum atomic E-state index is 0.715. The molecule has 0 spiro atoms. The Morgan fingerprint density at radius 3 is 1.71 bits per heavy atom. The Hall–Kier alpha value is -6.72. The average Bonchev–Trinajstić information content (AvgIpc) is 3.53. The highest BCUT2D eigenvalue weighted by Gasteiger charge is 2.17. The zero-order valence-corrected chi connectivity index (χ0v) is 29.4. The second-order valence-corrected chi connectivity index (χ2v) is 12.8. The predicted octanol–water partition coefficient (Wildman–Crippen LogP) is 11.6. The summed E-state index contributed by atoms with van der Waals surface area (Å²) in [5, 5.41) is 1.17. The van der Waals surface area contributed by atoms with Crippen molar-refractivity contribution in [1.29, 1.82) is 0 Å². The Kier molecular flexibility index (Phi) is 8.90. The summed E-state index contributed by atoms with van der Waals surface area (Å²) in [5.41, 5.74) is 14.1. The molecule has 250 valence electrons. The van der Waals surface area contributed by atoms with Crippen LogP contribution in [-0.2, 0) is 0 Å². The lowest BCUT2D eigenvalue weighted by Gasteiger charge is -2.16. The molecule has 0 saturated carbocycles. The molecule has 3 aromatic heterocycles. The van der Waals surface area contributed by atoms with Gasteiger partial charge >= 0.3 is 0 Å². The van der Waals surface area contributed by atoms with Crippen molar-refractivity contribution in [2.24, 2.45) is 0 Å². The standard InChI is InChI=1S/C31H24N2.C16H13N3/c1-21-10-6-7-14-25(21)30-22(2)11-8-15-26(30)23-17-18-28-27(20-23)31-29(16-9-19-32-31)33(28)24-12-4-3-5-13-24;1-12-17-15(13-8-4-2-5-9-13)19-16(18-12)14-10-6-3-7-11-14/h3-20H,1-2H3;2-11H,1H3. The van der Waals surface area contributed by atoms with E-state index in [1.165, 1.54) is 44.3 Å². The van der Waals surface area contributed by atoms with Gasteiger partial charge < -0.3 is 4.57 Å². The van der Waals surface area contributed by atoms with E-state index in [0.29, 0.717) is 11.6 Å². The van der Waals surface area contributed by atoms with Crippen molar-refractivity contribution in [3.05, 3.63) is 187 Å². The number of fused-ring (bicyclic) bond motifs is 3. The zero-order valence-electron chi connectivity index (χ0n) is 29.4. The quantitative estimate of drug-likeness (QED) is 0.183. The summed E-state index contributed by atoms with van der Waals surface area (Å²) >= 11 is 0. The van der Waals surface area contributed by atoms with Gasteiger partial charge in [-0.1, -0.05) is 127 Å². The maximum Gasteiger partial charge on any atom is 0.163 e. The minimum absolute atomic E-state index is 0.715. The van der Waals surface area contributed by atoms with E-state index in [2.05, 4.69) is 130 Å². The molecule has 5 heteroatoms. The van der Waals surface area contributed by atoms with Crippen LogP contribution in [0.3, 0.4) is 0 Å². The molecule has 0 aliphatic carbocycles. The van der Waals surface area contributed by atoms with Gasteiger partial charge in [-0.2, -0.15) is 0 Å². The van der Waals surface area contributed by atoms with Crippen LogP contribution in [0.25, 0.3) is 72.7 Å². The number of nitrogens with zero attached hydrogens (tertiary/aromatic N) is 5. The second kappa shape index (κ2) is 14.3. The molecule has 0 aliphatic rings. The molecule has 9 aromatic rings. The molecule has 0 unspecified atom stereocenters. The van der Waals surface area contributed by atoms with Crippen LogP contribution in [0.1, 0.15) is 17.0 Å². The van der Waals surface area contributed by atoms with Crippen molar-refractivity contribution in [3.8, 4) is 50.7 Å². The van der Waals surface area contributed by atoms with Crippen LogP contribution in [0.4, 0.5) is 0 Å². The molecule has 0 radical (unpaired) electrons. The third-order valence-electron chi connectivity index (χ3n) is 9.34. The van der Waals surface area contributed by atoms with E-state index < -0.39 is 0 Å². The summed E-state index contributed by atoms with van der Waals surface area (Å²) in [6.45, 7) is 6.28. The Morgan fingerprint density at radius 2 is 1.04 bits per heavy atom. The highest BCUT2D eigenvalue weighted by Crippen LogP contribution is 2.39. The summed E-state index contributed by atoms with van der Waals surface area (Å²) in [4.78, 5) is 18.1. The van der Waals surface area contributed by atoms with Gasteiger partial charge in [-0.15, -0.1) is 0 Å². The van der Waals surface area contributed by atoms with Gasteiger partial charge in [0.05, 0.1) is 16.6 Å². The van der Waals surface area contributed by atoms with Crippen LogP contribution in [0.15, 0.2) is 170 Å². The third-order valence-corrected chi connectivity index (χ3v) is 9.34. The number of aryl methyl sites for hydroxylation is 3. The molecular weight excluding hydrogens is 635 g/mol. The van der Waals surface area contributed by atoms with E-state index in [0.717, 1.165) is 33.7 Å². The zero-order chi connectivity index (χ0) is 35.4. The highest BCUT2D eigenvalue weighted by atomic mass is 15.0. The number of aromatic nitrogens is 5. The van der Waals surface area contributed by atoms with Crippen molar-refractivity contribution in [3.63, 3.8) is 0 Å². The van der Waals surface area contributed by atoms with Crippen LogP contribution in [0.5, 0.6) is 0 Å². The average molecular weight is 672 g/mol. The predicted molar refractivity (Wildman–Crippen MR) is 214 cm³/mol. The fourth-order valence-electron chi connectivity index (χ4n) is 6.89. The number of hydrogen-bond acceptors (Lipinski definition) is 4. The molecule has 0 fully saturated rings. The van der Waals surface area contributed by atoms with Crippen molar-refractivity contribution in [2.75, 3.05) is 0 Å². The Bertz CT molecular complexity index is 2590. The smallest absolute Gasteiger partial charge is 0.163 e. The van der Waals surface area contributed by atoms with Gasteiger partial charge in [0.2, 0.25) is 0 Å². The number of hydrogen-bond donors (Lipinski definition) is 0. The summed E-state index contributed by atoms with van der Waals surface area (Å²) in [6, 6.07) is 56.6. The van der Waals surface area contributed by atoms with Gasteiger partial charge in [-0.3, -0.25) is 4.98 Å². The lowest BCUT2D eigenvalue weighted by Crippen LogP contribution is -1.99. The maximum absolute atomic E-state index is 4.78. The monoisotopic (exact) mass is 671 g/mol. The van der Waals surface area contributed by atoms with Crippen LogP contribution in [-0.4, -0.2) is 24.5 Å². The number of benzene rings is 6. The van der Waals surface area contributed by atoms with Gasteiger partial charge in [0.25, 0.3) is 0 Å². The Morgan fingerprint density at radius 1 is 0.442 bits per heavy atom. The second-order valence-electron chi connectivity index (χ2n) is 12.8. The van der Waals surface area contributed by atoms with Gasteiger partial charge in [0.1, 0.15) is 5.82 Å². The fourth-order valence-corrected chi connectivity index (χ4v) is 6.89. The van der Waals surface area contributed by atoms with Crippen molar-refractivity contribution in [1.82, 2.24) is 24.5 Å². The highest BCUT2D eigenvalue weighted by molar-refractivity contribution is 6.08. The van der Waals surface area contributed by atoms with E-state index in [1.54, 1.807) is 0 Å². The van der Waals surface area contributed by atoms with Gasteiger partial charge in [-0.05, 0) is 90.6 Å². The molecule has 3 heterocycles. The first-order valence-electron chi connectivity index (χ1n) is 17.5. The molecule has 52 heavy (non-hydrogen) atoms. The summed E-state index contributed by atoms with van der Waals surface area (Å²) in [5.74, 6) is 2.16. The molecule has 6 aromatic carbocycles. The topological polar surface area (TPSA) is 56.5 Å². The minimum Gasteiger partial charge on any atom is -0.308 e. The van der Waals surface area contributed by atoms with Gasteiger partial charge in [0, 0.05) is 28.4 Å². The van der Waals surface area contributed by atoms with Crippen molar-refractivity contribution in [2.45, 2.75) is 20.8 Å². The maximum atomic E-state index is 4.78. The molecule has 0 aliphatic heterocycles. The van der Waals surface area contributed by atoms with Crippen LogP contribution < -0.4 is 0 Å². The van der Waals surface area contributed by atoms with E-state index >= 15 is 0 Å². The van der Waals surface area contributed by atoms with Crippen molar-refractivity contribution >= 4 is 21.9 Å². The van der Waals surface area contributed by atoms with Crippen molar-refractivity contribution < 1.29 is 0 Å². The molecule has 0 bridgehead atoms. The number of pyridine rings is 1.